The lowest BCUT2D eigenvalue weighted by molar-refractivity contribution is 0.0698. The third-order valence-electron chi connectivity index (χ3n) is 5.28. The van der Waals surface area contributed by atoms with Gasteiger partial charge in [0.15, 0.2) is 15.0 Å². The van der Waals surface area contributed by atoms with Crippen molar-refractivity contribution >= 4 is 38.0 Å². The number of hydrogen-bond donors (Lipinski definition) is 2. The van der Waals surface area contributed by atoms with Gasteiger partial charge in [0.2, 0.25) is 0 Å². The van der Waals surface area contributed by atoms with Crippen LogP contribution in [0.15, 0.2) is 71.6 Å². The number of benzene rings is 3. The average molecular weight is 497 g/mol. The molecule has 0 aliphatic carbocycles. The van der Waals surface area contributed by atoms with Gasteiger partial charge in [0, 0.05) is 11.8 Å². The van der Waals surface area contributed by atoms with E-state index < -0.39 is 15.8 Å². The number of carbonyl (C=O) groups is 1. The fraction of sp³-hybridized carbons (Fsp3) is 0.120. The third-order valence-corrected chi connectivity index (χ3v) is 7.43. The molecule has 0 radical (unpaired) electrons. The second-order valence-corrected chi connectivity index (χ2v) is 10.6. The highest BCUT2D eigenvalue weighted by molar-refractivity contribution is 7.90. The SMILES string of the molecule is CCc1cccc(C(=O)O)c1Nc1nc(-c2ccc(F)cc2)c(-c2ccc(S(C)(=O)=O)cc2)s1. The molecule has 34 heavy (non-hydrogen) atoms. The van der Waals surface area contributed by atoms with Crippen molar-refractivity contribution in [3.8, 4) is 21.7 Å². The summed E-state index contributed by atoms with van der Waals surface area (Å²) in [4.78, 5) is 17.4. The topological polar surface area (TPSA) is 96.4 Å². The van der Waals surface area contributed by atoms with E-state index in [1.54, 1.807) is 30.3 Å². The van der Waals surface area contributed by atoms with E-state index in [9.17, 15) is 22.7 Å². The van der Waals surface area contributed by atoms with Gasteiger partial charge in [0.05, 0.1) is 26.7 Å². The number of halogens is 1. The van der Waals surface area contributed by atoms with Crippen LogP contribution in [-0.2, 0) is 16.3 Å². The zero-order chi connectivity index (χ0) is 24.5. The number of sulfone groups is 1. The molecule has 0 saturated carbocycles. The molecule has 0 aliphatic rings. The zero-order valence-electron chi connectivity index (χ0n) is 18.4. The number of rotatable bonds is 7. The summed E-state index contributed by atoms with van der Waals surface area (Å²) >= 11 is 1.30. The predicted octanol–water partition coefficient (Wildman–Crippen LogP) is 6.02. The molecule has 4 rings (SSSR count). The molecule has 6 nitrogen and oxygen atoms in total. The standard InChI is InChI=1S/C25H21FN2O4S2/c1-3-15-5-4-6-20(24(29)30)21(15)27-25-28-22(16-7-11-18(26)12-8-16)23(33-25)17-9-13-19(14-10-17)34(2,31)32/h4-14H,3H2,1-2H3,(H,27,28)(H,29,30). The molecule has 0 saturated heterocycles. The first-order valence-electron chi connectivity index (χ1n) is 10.4. The quantitative estimate of drug-likeness (QED) is 0.325. The Kier molecular flexibility index (Phi) is 6.49. The highest BCUT2D eigenvalue weighted by atomic mass is 32.2. The Morgan fingerprint density at radius 2 is 1.68 bits per heavy atom. The first-order chi connectivity index (χ1) is 16.2. The van der Waals surface area contributed by atoms with Crippen LogP contribution in [0.2, 0.25) is 0 Å². The maximum Gasteiger partial charge on any atom is 0.337 e. The maximum atomic E-state index is 13.5. The number of thiazole rings is 1. The number of para-hydroxylation sites is 1. The Morgan fingerprint density at radius 3 is 2.26 bits per heavy atom. The van der Waals surface area contributed by atoms with Crippen LogP contribution in [0, 0.1) is 5.82 Å². The second kappa shape index (κ2) is 9.36. The molecule has 0 amide bonds. The van der Waals surface area contributed by atoms with Gasteiger partial charge in [0.1, 0.15) is 5.82 Å². The van der Waals surface area contributed by atoms with E-state index in [1.165, 1.54) is 41.7 Å². The molecule has 3 aromatic carbocycles. The number of nitrogens with one attached hydrogen (secondary N) is 1. The van der Waals surface area contributed by atoms with Gasteiger partial charge in [-0.05, 0) is 60.0 Å². The Balaban J connectivity index is 1.84. The smallest absolute Gasteiger partial charge is 0.337 e. The van der Waals surface area contributed by atoms with Gasteiger partial charge in [-0.1, -0.05) is 42.5 Å². The van der Waals surface area contributed by atoms with Crippen LogP contribution in [0.3, 0.4) is 0 Å². The van der Waals surface area contributed by atoms with Gasteiger partial charge in [-0.15, -0.1) is 0 Å². The van der Waals surface area contributed by atoms with Crippen molar-refractivity contribution in [2.45, 2.75) is 18.2 Å². The Bertz CT molecular complexity index is 1460. The zero-order valence-corrected chi connectivity index (χ0v) is 20.0. The summed E-state index contributed by atoms with van der Waals surface area (Å²) in [5.74, 6) is -1.43. The minimum Gasteiger partial charge on any atom is -0.478 e. The highest BCUT2D eigenvalue weighted by Gasteiger charge is 2.19. The lowest BCUT2D eigenvalue weighted by Gasteiger charge is -2.11. The number of nitrogens with zero attached hydrogens (tertiary/aromatic N) is 1. The molecule has 1 heterocycles. The molecular formula is C25H21FN2O4S2. The van der Waals surface area contributed by atoms with Gasteiger partial charge in [-0.25, -0.2) is 22.6 Å². The molecule has 4 aromatic rings. The first-order valence-corrected chi connectivity index (χ1v) is 13.1. The lowest BCUT2D eigenvalue weighted by Crippen LogP contribution is -2.05. The van der Waals surface area contributed by atoms with Crippen LogP contribution in [0.5, 0.6) is 0 Å². The van der Waals surface area contributed by atoms with E-state index >= 15 is 0 Å². The van der Waals surface area contributed by atoms with Crippen molar-refractivity contribution in [3.63, 3.8) is 0 Å². The third kappa shape index (κ3) is 4.85. The van der Waals surface area contributed by atoms with Crippen molar-refractivity contribution in [2.75, 3.05) is 11.6 Å². The van der Waals surface area contributed by atoms with E-state index in [2.05, 4.69) is 5.32 Å². The van der Waals surface area contributed by atoms with Crippen LogP contribution < -0.4 is 5.32 Å². The number of aryl methyl sites for hydroxylation is 1. The molecule has 0 atom stereocenters. The molecule has 0 unspecified atom stereocenters. The highest BCUT2D eigenvalue weighted by Crippen LogP contribution is 2.41. The average Bonchev–Trinajstić information content (AvgIpc) is 3.23. The summed E-state index contributed by atoms with van der Waals surface area (Å²) in [7, 11) is -3.35. The van der Waals surface area contributed by atoms with Gasteiger partial charge < -0.3 is 10.4 Å². The monoisotopic (exact) mass is 496 g/mol. The van der Waals surface area contributed by atoms with Gasteiger partial charge >= 0.3 is 5.97 Å². The number of aromatic nitrogens is 1. The summed E-state index contributed by atoms with van der Waals surface area (Å²) in [6.45, 7) is 1.94. The normalized spacial score (nSPS) is 11.4. The largest absolute Gasteiger partial charge is 0.478 e. The fourth-order valence-electron chi connectivity index (χ4n) is 3.55. The molecule has 2 N–H and O–H groups in total. The molecule has 0 fully saturated rings. The summed E-state index contributed by atoms with van der Waals surface area (Å²) in [6, 6.07) is 17.5. The number of carboxylic acid groups (broad SMARTS) is 1. The number of anilines is 2. The minimum absolute atomic E-state index is 0.136. The van der Waals surface area contributed by atoms with Crippen LogP contribution in [-0.4, -0.2) is 30.7 Å². The number of aromatic carboxylic acids is 1. The molecule has 1 aromatic heterocycles. The van der Waals surface area contributed by atoms with Crippen molar-refractivity contribution in [1.29, 1.82) is 0 Å². The van der Waals surface area contributed by atoms with E-state index in [1.807, 2.05) is 13.0 Å². The van der Waals surface area contributed by atoms with E-state index in [0.717, 1.165) is 22.3 Å². The molecule has 0 aliphatic heterocycles. The van der Waals surface area contributed by atoms with E-state index in [-0.39, 0.29) is 16.3 Å². The van der Waals surface area contributed by atoms with Gasteiger partial charge in [0.25, 0.3) is 0 Å². The summed E-state index contributed by atoms with van der Waals surface area (Å²) < 4.78 is 37.2. The number of carboxylic acids is 1. The predicted molar refractivity (Wildman–Crippen MR) is 132 cm³/mol. The molecule has 174 valence electrons. The fourth-order valence-corrected chi connectivity index (χ4v) is 5.18. The Hall–Kier alpha value is -3.56. The minimum atomic E-state index is -3.35. The Morgan fingerprint density at radius 1 is 1.03 bits per heavy atom. The van der Waals surface area contributed by atoms with Crippen LogP contribution >= 0.6 is 11.3 Å². The summed E-state index contributed by atoms with van der Waals surface area (Å²) in [6.07, 6.45) is 1.77. The van der Waals surface area contributed by atoms with Crippen LogP contribution in [0.4, 0.5) is 15.2 Å². The molecule has 0 spiro atoms. The Labute approximate surface area is 200 Å². The molecule has 9 heteroatoms. The first kappa shape index (κ1) is 23.6. The molecule has 0 bridgehead atoms. The van der Waals surface area contributed by atoms with Gasteiger partial charge in [-0.2, -0.15) is 0 Å². The molecular weight excluding hydrogens is 475 g/mol. The van der Waals surface area contributed by atoms with Crippen LogP contribution in [0.1, 0.15) is 22.8 Å². The second-order valence-electron chi connectivity index (χ2n) is 7.62. The van der Waals surface area contributed by atoms with Crippen molar-refractivity contribution < 1.29 is 22.7 Å². The van der Waals surface area contributed by atoms with Crippen molar-refractivity contribution in [2.24, 2.45) is 0 Å². The maximum absolute atomic E-state index is 13.5. The van der Waals surface area contributed by atoms with E-state index in [4.69, 9.17) is 4.98 Å². The van der Waals surface area contributed by atoms with E-state index in [0.29, 0.717) is 28.5 Å². The van der Waals surface area contributed by atoms with Gasteiger partial charge in [-0.3, -0.25) is 0 Å². The lowest BCUT2D eigenvalue weighted by atomic mass is 10.1. The number of hydrogen-bond acceptors (Lipinski definition) is 6. The summed E-state index contributed by atoms with van der Waals surface area (Å²) in [5, 5.41) is 13.3. The van der Waals surface area contributed by atoms with Crippen LogP contribution in [0.25, 0.3) is 21.7 Å². The van der Waals surface area contributed by atoms with Crippen molar-refractivity contribution in [3.05, 3.63) is 83.7 Å². The summed E-state index contributed by atoms with van der Waals surface area (Å²) in [5.41, 5.74) is 3.42. The van der Waals surface area contributed by atoms with Crippen molar-refractivity contribution in [1.82, 2.24) is 4.98 Å².